The van der Waals surface area contributed by atoms with Gasteiger partial charge in [-0.05, 0) is 18.8 Å². The Balaban J connectivity index is 3.19. The van der Waals surface area contributed by atoms with Crippen LogP contribution in [-0.4, -0.2) is 12.6 Å². The molecule has 2 heteroatoms. The van der Waals surface area contributed by atoms with Crippen LogP contribution in [0.2, 0.25) is 0 Å². The Bertz CT molecular complexity index is 419. The van der Waals surface area contributed by atoms with Gasteiger partial charge in [0.25, 0.3) is 0 Å². The van der Waals surface area contributed by atoms with E-state index in [2.05, 4.69) is 20.8 Å². The highest BCUT2D eigenvalue weighted by Gasteiger charge is 2.07. The fraction of sp³-hybridized carbons (Fsp3) is 0.971. The van der Waals surface area contributed by atoms with Crippen molar-refractivity contribution in [1.29, 1.82) is 0 Å². The standard InChI is InChI=1S/C34H68O2/c1-4-6-8-10-11-12-13-14-15-16-17-18-19-20-21-22-23-24-25-27-29-31-34(35)36-32-33(3)30-28-26-9-7-5-2/h33H,4-32H2,1-3H3. The van der Waals surface area contributed by atoms with Crippen molar-refractivity contribution in [3.63, 3.8) is 0 Å². The number of rotatable bonds is 30. The number of carbonyl (C=O) groups excluding carboxylic acids is 1. The summed E-state index contributed by atoms with van der Waals surface area (Å²) in [6.45, 7) is 7.38. The third-order valence-electron chi connectivity index (χ3n) is 7.81. The van der Waals surface area contributed by atoms with Crippen LogP contribution < -0.4 is 0 Å². The van der Waals surface area contributed by atoms with E-state index in [1.807, 2.05) is 0 Å². The molecule has 0 N–H and O–H groups in total. The third kappa shape index (κ3) is 29.7. The molecule has 1 atom stereocenters. The Morgan fingerprint density at radius 2 is 0.778 bits per heavy atom. The Kier molecular flexibility index (Phi) is 30.2. The highest BCUT2D eigenvalue weighted by atomic mass is 16.5. The van der Waals surface area contributed by atoms with Gasteiger partial charge in [0.1, 0.15) is 0 Å². The second-order valence-corrected chi connectivity index (χ2v) is 11.8. The molecule has 0 rings (SSSR count). The van der Waals surface area contributed by atoms with E-state index < -0.39 is 0 Å². The molecule has 0 saturated carbocycles. The summed E-state index contributed by atoms with van der Waals surface area (Å²) in [5.74, 6) is 0.529. The average molecular weight is 509 g/mol. The van der Waals surface area contributed by atoms with Crippen LogP contribution in [0.1, 0.15) is 201 Å². The van der Waals surface area contributed by atoms with Crippen molar-refractivity contribution in [3.8, 4) is 0 Å². The first kappa shape index (κ1) is 35.5. The number of ether oxygens (including phenoxy) is 1. The lowest BCUT2D eigenvalue weighted by atomic mass is 10.0. The number of esters is 1. The Morgan fingerprint density at radius 1 is 0.472 bits per heavy atom. The van der Waals surface area contributed by atoms with Gasteiger partial charge in [0.2, 0.25) is 0 Å². The van der Waals surface area contributed by atoms with Crippen LogP contribution in [0.3, 0.4) is 0 Å². The molecule has 0 spiro atoms. The van der Waals surface area contributed by atoms with Gasteiger partial charge in [-0.1, -0.05) is 181 Å². The SMILES string of the molecule is CCCCCCCCCCCCCCCCCCCCCCCC(=O)OCC(C)CCCCCCC. The van der Waals surface area contributed by atoms with E-state index in [4.69, 9.17) is 4.74 Å². The summed E-state index contributed by atoms with van der Waals surface area (Å²) in [5, 5.41) is 0. The molecule has 0 aromatic carbocycles. The molecule has 0 aromatic rings. The lowest BCUT2D eigenvalue weighted by Crippen LogP contribution is -2.11. The molecule has 0 bridgehead atoms. The maximum Gasteiger partial charge on any atom is 0.305 e. The smallest absolute Gasteiger partial charge is 0.305 e. The van der Waals surface area contributed by atoms with Crippen molar-refractivity contribution < 1.29 is 9.53 Å². The number of carbonyl (C=O) groups is 1. The number of unbranched alkanes of at least 4 members (excludes halogenated alkanes) is 24. The molecule has 216 valence electrons. The van der Waals surface area contributed by atoms with Crippen molar-refractivity contribution in [2.45, 2.75) is 201 Å². The van der Waals surface area contributed by atoms with Crippen LogP contribution in [0.4, 0.5) is 0 Å². The van der Waals surface area contributed by atoms with Crippen LogP contribution in [-0.2, 0) is 9.53 Å². The summed E-state index contributed by atoms with van der Waals surface area (Å²) < 4.78 is 5.49. The highest BCUT2D eigenvalue weighted by molar-refractivity contribution is 5.69. The molecule has 0 saturated heterocycles. The van der Waals surface area contributed by atoms with Crippen LogP contribution >= 0.6 is 0 Å². The van der Waals surface area contributed by atoms with E-state index in [1.165, 1.54) is 167 Å². The average Bonchev–Trinajstić information content (AvgIpc) is 2.88. The van der Waals surface area contributed by atoms with Crippen molar-refractivity contribution in [1.82, 2.24) is 0 Å². The van der Waals surface area contributed by atoms with Crippen LogP contribution in [0, 0.1) is 5.92 Å². The van der Waals surface area contributed by atoms with Gasteiger partial charge in [-0.2, -0.15) is 0 Å². The first-order valence-corrected chi connectivity index (χ1v) is 16.9. The molecule has 0 fully saturated rings. The number of hydrogen-bond acceptors (Lipinski definition) is 2. The second kappa shape index (κ2) is 30.7. The highest BCUT2D eigenvalue weighted by Crippen LogP contribution is 2.16. The summed E-state index contributed by atoms with van der Waals surface area (Å²) in [7, 11) is 0. The molecule has 0 aromatic heterocycles. The molecule has 2 nitrogen and oxygen atoms in total. The van der Waals surface area contributed by atoms with Crippen LogP contribution in [0.15, 0.2) is 0 Å². The fourth-order valence-corrected chi connectivity index (χ4v) is 5.19. The zero-order chi connectivity index (χ0) is 26.4. The molecule has 0 aliphatic heterocycles. The van der Waals surface area contributed by atoms with Crippen molar-refractivity contribution in [3.05, 3.63) is 0 Å². The third-order valence-corrected chi connectivity index (χ3v) is 7.81. The Morgan fingerprint density at radius 3 is 1.14 bits per heavy atom. The molecular weight excluding hydrogens is 440 g/mol. The zero-order valence-corrected chi connectivity index (χ0v) is 25.4. The maximum atomic E-state index is 11.9. The van der Waals surface area contributed by atoms with Crippen molar-refractivity contribution >= 4 is 5.97 Å². The normalized spacial score (nSPS) is 12.2. The van der Waals surface area contributed by atoms with E-state index >= 15 is 0 Å². The number of hydrogen-bond donors (Lipinski definition) is 0. The first-order chi connectivity index (χ1) is 17.7. The van der Waals surface area contributed by atoms with Gasteiger partial charge in [0.05, 0.1) is 6.61 Å². The van der Waals surface area contributed by atoms with Gasteiger partial charge in [-0.3, -0.25) is 4.79 Å². The summed E-state index contributed by atoms with van der Waals surface area (Å²) in [5.41, 5.74) is 0. The lowest BCUT2D eigenvalue weighted by Gasteiger charge is -2.12. The van der Waals surface area contributed by atoms with Gasteiger partial charge < -0.3 is 4.74 Å². The Labute approximate surface area is 228 Å². The van der Waals surface area contributed by atoms with Gasteiger partial charge in [-0.15, -0.1) is 0 Å². The Hall–Kier alpha value is -0.530. The quantitative estimate of drug-likeness (QED) is 0.0712. The van der Waals surface area contributed by atoms with E-state index in [-0.39, 0.29) is 5.97 Å². The molecule has 36 heavy (non-hydrogen) atoms. The maximum absolute atomic E-state index is 11.9. The first-order valence-electron chi connectivity index (χ1n) is 16.9. The summed E-state index contributed by atoms with van der Waals surface area (Å²) in [4.78, 5) is 11.9. The van der Waals surface area contributed by atoms with Gasteiger partial charge in [-0.25, -0.2) is 0 Å². The second-order valence-electron chi connectivity index (χ2n) is 11.8. The monoisotopic (exact) mass is 509 g/mol. The van der Waals surface area contributed by atoms with Crippen LogP contribution in [0.25, 0.3) is 0 Å². The van der Waals surface area contributed by atoms with Gasteiger partial charge >= 0.3 is 5.97 Å². The summed E-state index contributed by atoms with van der Waals surface area (Å²) in [6.07, 6.45) is 37.7. The van der Waals surface area contributed by atoms with E-state index in [1.54, 1.807) is 0 Å². The molecule has 0 radical (unpaired) electrons. The molecule has 0 heterocycles. The molecular formula is C34H68O2. The molecule has 1 unspecified atom stereocenters. The van der Waals surface area contributed by atoms with E-state index in [9.17, 15) is 4.79 Å². The largest absolute Gasteiger partial charge is 0.465 e. The zero-order valence-electron chi connectivity index (χ0n) is 25.4. The van der Waals surface area contributed by atoms with Gasteiger partial charge in [0.15, 0.2) is 0 Å². The van der Waals surface area contributed by atoms with Crippen molar-refractivity contribution in [2.75, 3.05) is 6.61 Å². The molecule has 0 amide bonds. The molecule has 0 aliphatic carbocycles. The predicted molar refractivity (Wildman–Crippen MR) is 161 cm³/mol. The summed E-state index contributed by atoms with van der Waals surface area (Å²) >= 11 is 0. The van der Waals surface area contributed by atoms with E-state index in [0.717, 1.165) is 6.42 Å². The van der Waals surface area contributed by atoms with Gasteiger partial charge in [0, 0.05) is 6.42 Å². The predicted octanol–water partition coefficient (Wildman–Crippen LogP) is 12.1. The topological polar surface area (TPSA) is 26.3 Å². The van der Waals surface area contributed by atoms with E-state index in [0.29, 0.717) is 18.9 Å². The molecule has 0 aliphatic rings. The minimum absolute atomic E-state index is 0.0191. The van der Waals surface area contributed by atoms with Crippen LogP contribution in [0.5, 0.6) is 0 Å². The summed E-state index contributed by atoms with van der Waals surface area (Å²) in [6, 6.07) is 0. The minimum atomic E-state index is 0.0191. The van der Waals surface area contributed by atoms with Crippen molar-refractivity contribution in [2.24, 2.45) is 5.92 Å². The lowest BCUT2D eigenvalue weighted by molar-refractivity contribution is -0.145. The fourth-order valence-electron chi connectivity index (χ4n) is 5.19. The minimum Gasteiger partial charge on any atom is -0.465 e.